The molecule has 4 atom stereocenters. The molecule has 4 N–H and O–H groups in total. The third-order valence-corrected chi connectivity index (χ3v) is 3.40. The van der Waals surface area contributed by atoms with Crippen molar-refractivity contribution in [3.63, 3.8) is 0 Å². The molecule has 0 spiro atoms. The average molecular weight is 561 g/mol. The monoisotopic (exact) mass is 562 g/mol. The maximum atomic E-state index is 11.8. The minimum absolute atomic E-state index is 0.120. The molecule has 0 amide bonds. The number of H-pyrrole nitrogens is 1. The number of rotatable bonds is 3. The van der Waals surface area contributed by atoms with E-state index in [1.165, 1.54) is 12.3 Å². The van der Waals surface area contributed by atoms with Crippen LogP contribution in [0.3, 0.4) is 0 Å². The van der Waals surface area contributed by atoms with Crippen LogP contribution in [-0.4, -0.2) is 92.7 Å². The quantitative estimate of drug-likeness (QED) is 0.414. The van der Waals surface area contributed by atoms with Crippen LogP contribution in [0.4, 0.5) is 0 Å². The summed E-state index contributed by atoms with van der Waals surface area (Å²) in [7, 11) is 0.361. The molecule has 0 saturated carbocycles. The van der Waals surface area contributed by atoms with Crippen LogP contribution in [0.15, 0.2) is 20.7 Å². The molecular weight excluding hydrogens is 521 g/mol. The van der Waals surface area contributed by atoms with Crippen LogP contribution in [0.25, 0.3) is 6.08 Å². The Bertz CT molecular complexity index is 748. The predicted octanol–water partition coefficient (Wildman–Crippen LogP) is 1.40. The number of hydrogen-bond acceptors (Lipinski definition) is 6. The summed E-state index contributed by atoms with van der Waals surface area (Å²) in [5, 5.41) is 28.6. The van der Waals surface area contributed by atoms with Gasteiger partial charge in [-0.3, -0.25) is 0 Å². The molecular formula is C20H40GeN2O6Si3. The van der Waals surface area contributed by atoms with Crippen molar-refractivity contribution in [1.82, 2.24) is 9.55 Å². The number of nitrogens with one attached hydrogen (secondary N) is 1. The zero-order valence-corrected chi connectivity index (χ0v) is 25.9. The van der Waals surface area contributed by atoms with E-state index in [-0.39, 0.29) is 32.0 Å². The molecule has 12 heteroatoms. The molecule has 1 fully saturated rings. The van der Waals surface area contributed by atoms with Gasteiger partial charge in [-0.15, -0.1) is 0 Å². The number of hydrogen-bond donors (Lipinski definition) is 4. The van der Waals surface area contributed by atoms with Crippen molar-refractivity contribution in [2.75, 3.05) is 6.61 Å². The summed E-state index contributed by atoms with van der Waals surface area (Å²) in [5.41, 5.74) is -1.11. The zero-order chi connectivity index (χ0) is 25.6. The summed E-state index contributed by atoms with van der Waals surface area (Å²) < 4.78 is 6.23. The second kappa shape index (κ2) is 17.9. The Morgan fingerprint density at radius 2 is 1.44 bits per heavy atom. The Labute approximate surface area is 205 Å². The Morgan fingerprint density at radius 3 is 1.78 bits per heavy atom. The molecule has 1 saturated heterocycles. The van der Waals surface area contributed by atoms with Crippen molar-refractivity contribution >= 4 is 49.0 Å². The SMILES string of the molecule is C[Si](C)C.C[Si](C)C.C[Si](C)C.O=c1[nH]c(=O)n([C@@H]2O[C@H](CO)[C@@H](O)[C@@H]2O)cc1/C=[CH]/[Ge]. The molecule has 1 aliphatic rings. The van der Waals surface area contributed by atoms with Gasteiger partial charge in [0.25, 0.3) is 0 Å². The Kier molecular flexibility index (Phi) is 18.8. The van der Waals surface area contributed by atoms with Crippen LogP contribution in [0.1, 0.15) is 11.8 Å². The van der Waals surface area contributed by atoms with Gasteiger partial charge in [0.2, 0.25) is 0 Å². The molecule has 1 aliphatic heterocycles. The van der Waals surface area contributed by atoms with E-state index in [4.69, 9.17) is 9.84 Å². The fourth-order valence-electron chi connectivity index (χ4n) is 2.01. The fraction of sp³-hybridized carbons (Fsp3) is 0.700. The topological polar surface area (TPSA) is 125 Å². The Morgan fingerprint density at radius 1 is 1.00 bits per heavy atom. The van der Waals surface area contributed by atoms with Gasteiger partial charge in [-0.25, -0.2) is 0 Å². The summed E-state index contributed by atoms with van der Waals surface area (Å²) >= 11 is 1.71. The summed E-state index contributed by atoms with van der Waals surface area (Å²) in [5.74, 6) is 0. The molecule has 2 heterocycles. The van der Waals surface area contributed by atoms with E-state index < -0.39 is 42.4 Å². The van der Waals surface area contributed by atoms with Crippen molar-refractivity contribution < 1.29 is 20.1 Å². The van der Waals surface area contributed by atoms with Gasteiger partial charge in [0, 0.05) is 26.4 Å². The first-order valence-electron chi connectivity index (χ1n) is 10.3. The molecule has 182 valence electrons. The van der Waals surface area contributed by atoms with Crippen molar-refractivity contribution in [2.45, 2.75) is 83.5 Å². The van der Waals surface area contributed by atoms with E-state index in [1.54, 1.807) is 21.4 Å². The second-order valence-electron chi connectivity index (χ2n) is 8.81. The van der Waals surface area contributed by atoms with Crippen molar-refractivity contribution in [3.05, 3.63) is 37.5 Å². The van der Waals surface area contributed by atoms with E-state index in [0.717, 1.165) is 4.57 Å². The maximum absolute atomic E-state index is 11.8. The van der Waals surface area contributed by atoms with Gasteiger partial charge >= 0.3 is 121 Å². The van der Waals surface area contributed by atoms with Crippen LogP contribution >= 0.6 is 0 Å². The fourth-order valence-corrected chi connectivity index (χ4v) is 2.39. The van der Waals surface area contributed by atoms with Crippen LogP contribution in [0, 0.1) is 0 Å². The van der Waals surface area contributed by atoms with Gasteiger partial charge in [-0.1, -0.05) is 58.9 Å². The van der Waals surface area contributed by atoms with E-state index in [1.807, 2.05) is 0 Å². The molecule has 1 aromatic rings. The summed E-state index contributed by atoms with van der Waals surface area (Å²) in [6.07, 6.45) is -2.12. The van der Waals surface area contributed by atoms with Crippen LogP contribution in [0.5, 0.6) is 0 Å². The number of ether oxygens (including phenoxy) is 1. The van der Waals surface area contributed by atoms with E-state index >= 15 is 0 Å². The molecule has 0 aliphatic carbocycles. The Hall–Kier alpha value is -0.546. The first-order valence-corrected chi connectivity index (χ1v) is 20.5. The molecule has 6 radical (unpaired) electrons. The van der Waals surface area contributed by atoms with E-state index in [0.29, 0.717) is 0 Å². The van der Waals surface area contributed by atoms with Gasteiger partial charge in [0.1, 0.15) is 0 Å². The molecule has 0 aromatic carbocycles. The molecule has 8 nitrogen and oxygen atoms in total. The van der Waals surface area contributed by atoms with Gasteiger partial charge in [0.05, 0.1) is 0 Å². The Balaban J connectivity index is 0. The third kappa shape index (κ3) is 14.6. The van der Waals surface area contributed by atoms with Crippen LogP contribution in [-0.2, 0) is 4.74 Å². The number of nitrogens with zero attached hydrogens (tertiary/aromatic N) is 1. The number of aromatic nitrogens is 2. The average Bonchev–Trinajstić information content (AvgIpc) is 2.91. The third-order valence-electron chi connectivity index (χ3n) is 3.05. The van der Waals surface area contributed by atoms with Gasteiger partial charge < -0.3 is 0 Å². The van der Waals surface area contributed by atoms with Crippen molar-refractivity contribution in [1.29, 1.82) is 0 Å². The predicted molar refractivity (Wildman–Crippen MR) is 139 cm³/mol. The van der Waals surface area contributed by atoms with E-state index in [9.17, 15) is 19.8 Å². The molecule has 0 bridgehead atoms. The summed E-state index contributed by atoms with van der Waals surface area (Å²) in [6, 6.07) is 0. The molecule has 0 unspecified atom stereocenters. The van der Waals surface area contributed by atoms with Crippen molar-refractivity contribution in [3.8, 4) is 0 Å². The number of aliphatic hydroxyl groups is 3. The molecule has 2 rings (SSSR count). The van der Waals surface area contributed by atoms with Crippen LogP contribution < -0.4 is 11.2 Å². The summed E-state index contributed by atoms with van der Waals surface area (Å²) in [6.45, 7) is 19.9. The van der Waals surface area contributed by atoms with E-state index in [2.05, 4.69) is 63.9 Å². The summed E-state index contributed by atoms with van der Waals surface area (Å²) in [4.78, 5) is 27.1. The minimum atomic E-state index is -1.38. The van der Waals surface area contributed by atoms with Gasteiger partial charge in [-0.05, 0) is 0 Å². The normalized spacial score (nSPS) is 22.2. The van der Waals surface area contributed by atoms with Crippen LogP contribution in [0.2, 0.25) is 58.9 Å². The molecule has 1 aromatic heterocycles. The number of aromatic amines is 1. The van der Waals surface area contributed by atoms with Crippen molar-refractivity contribution in [2.24, 2.45) is 0 Å². The second-order valence-corrected chi connectivity index (χ2v) is 18.5. The first kappa shape index (κ1) is 33.6. The zero-order valence-electron chi connectivity index (χ0n) is 20.8. The molecule has 32 heavy (non-hydrogen) atoms. The standard InChI is InChI=1S/C11H13GeN2O6.3C3H9Si/c12-2-1-5-3-14(11(19)13-9(5)18)10-8(17)7(16)6(4-15)20-10;3*1-4(2)3/h1-3,6-8,10,15-17H,4H2,(H,13,18,19);3*1-3H3/b2-1+;;;/t6-,7-,8+,10-;;;/m1.../s1. The first-order chi connectivity index (χ1) is 14.7. The van der Waals surface area contributed by atoms with Gasteiger partial charge in [0.15, 0.2) is 0 Å². The van der Waals surface area contributed by atoms with Gasteiger partial charge in [-0.2, -0.15) is 0 Å². The number of aliphatic hydroxyl groups excluding tert-OH is 3.